The minimum absolute atomic E-state index is 0. The van der Waals surface area contributed by atoms with Crippen LogP contribution in [0.1, 0.15) is 0 Å². The van der Waals surface area contributed by atoms with E-state index in [0.717, 1.165) is 0 Å². The second-order valence-corrected chi connectivity index (χ2v) is 0. The van der Waals surface area contributed by atoms with E-state index in [0.29, 0.717) is 0 Å². The van der Waals surface area contributed by atoms with E-state index in [1.807, 2.05) is 0 Å². The van der Waals surface area contributed by atoms with Crippen LogP contribution in [0.3, 0.4) is 0 Å². The van der Waals surface area contributed by atoms with Gasteiger partial charge >= 0.3 is 31.1 Å². The van der Waals surface area contributed by atoms with E-state index < -0.39 is 0 Å². The molecule has 0 aliphatic heterocycles. The second-order valence-electron chi connectivity index (χ2n) is 0. The first-order valence-corrected chi connectivity index (χ1v) is 0. The van der Waals surface area contributed by atoms with Crippen LogP contribution in [0.4, 0.5) is 0 Å². The van der Waals surface area contributed by atoms with Crippen molar-refractivity contribution in [3.63, 3.8) is 0 Å². The van der Waals surface area contributed by atoms with Gasteiger partial charge in [0.15, 0.2) is 0 Å². The zero-order chi connectivity index (χ0) is 0. The number of hydrogen-bond acceptors (Lipinski definition) is 0. The quantitative estimate of drug-likeness (QED) is 0.248. The molecule has 0 aliphatic rings. The molecule has 0 spiro atoms. The Kier molecular flexibility index (Phi) is 372. The van der Waals surface area contributed by atoms with Crippen molar-refractivity contribution in [2.24, 2.45) is 0 Å². The summed E-state index contributed by atoms with van der Waals surface area (Å²) in [5, 5.41) is 0. The first-order chi connectivity index (χ1) is 0. The smallest absolute Gasteiger partial charge is 1.00 e. The van der Waals surface area contributed by atoms with Gasteiger partial charge in [0.05, 0.1) is 0 Å². The Morgan fingerprint density at radius 2 is 0.333 bits per heavy atom. The van der Waals surface area contributed by atoms with Gasteiger partial charge in [-0.15, -0.1) is 0 Å². The zero-order valence-corrected chi connectivity index (χ0v) is 14.5. The molecule has 0 bridgehead atoms. The summed E-state index contributed by atoms with van der Waals surface area (Å²) < 4.78 is 0. The van der Waals surface area contributed by atoms with E-state index in [1.165, 1.54) is 0 Å². The van der Waals surface area contributed by atoms with E-state index in [2.05, 4.69) is 0 Å². The van der Waals surface area contributed by atoms with Gasteiger partial charge in [0, 0.05) is 0 Å². The van der Waals surface area contributed by atoms with E-state index in [4.69, 9.17) is 0 Å². The molecule has 0 N–H and O–H groups in total. The maximum Gasteiger partial charge on any atom is 5.00 e. The van der Waals surface area contributed by atoms with Crippen LogP contribution in [-0.2, 0) is 0 Å². The molecule has 0 fully saturated rings. The van der Waals surface area contributed by atoms with Gasteiger partial charge in [0.25, 0.3) is 0 Å². The average molecular weight is 638 g/mol. The fourth-order valence-corrected chi connectivity index (χ4v) is 0. The van der Waals surface area contributed by atoms with E-state index in [-0.39, 0.29) is 116 Å². The maximum atomic E-state index is 0. The summed E-state index contributed by atoms with van der Waals surface area (Å²) in [5.41, 5.74) is 0. The molecule has 0 saturated heterocycles. The van der Waals surface area contributed by atoms with Crippen LogP contribution < -0.4 is 84.9 Å². The Hall–Kier alpha value is 3.45. The average Bonchev–Trinajstić information content (AvgIpc) is 0. The second kappa shape index (κ2) is 39.4. The predicted molar refractivity (Wildman–Crippen MR) is 0 cm³/mol. The molecule has 0 aromatic rings. The molecular formula is Br5U. The van der Waals surface area contributed by atoms with Crippen LogP contribution >= 0.6 is 0 Å². The molecule has 0 aromatic carbocycles. The topological polar surface area (TPSA) is 0 Å². The van der Waals surface area contributed by atoms with Crippen LogP contribution in [0, 0.1) is 31.1 Å². The first kappa shape index (κ1) is 56.7. The summed E-state index contributed by atoms with van der Waals surface area (Å²) in [7, 11) is 0. The summed E-state index contributed by atoms with van der Waals surface area (Å²) in [4.78, 5) is 0. The normalized spacial score (nSPS) is 0. The van der Waals surface area contributed by atoms with Gasteiger partial charge in [-0.25, -0.2) is 0 Å². The molecule has 0 heterocycles. The van der Waals surface area contributed by atoms with E-state index >= 15 is 0 Å². The summed E-state index contributed by atoms with van der Waals surface area (Å²) in [5.74, 6) is 0. The Balaban J connectivity index is 0. The molecule has 0 atom stereocenters. The van der Waals surface area contributed by atoms with E-state index in [1.54, 1.807) is 0 Å². The van der Waals surface area contributed by atoms with Crippen molar-refractivity contribution >= 4 is 0 Å². The van der Waals surface area contributed by atoms with Crippen LogP contribution in [0.15, 0.2) is 0 Å². The third-order valence-electron chi connectivity index (χ3n) is 0. The number of halogens is 5. The molecule has 6 heteroatoms. The third kappa shape index (κ3) is 26.0. The molecule has 0 rings (SSSR count). The summed E-state index contributed by atoms with van der Waals surface area (Å²) in [6, 6.07) is 0. The molecule has 39 valence electrons. The van der Waals surface area contributed by atoms with Crippen LogP contribution in [0.5, 0.6) is 0 Å². The summed E-state index contributed by atoms with van der Waals surface area (Å²) >= 11 is 0. The fourth-order valence-electron chi connectivity index (χ4n) is 0. The molecule has 0 nitrogen and oxygen atoms in total. The Morgan fingerprint density at radius 3 is 0.333 bits per heavy atom. The minimum Gasteiger partial charge on any atom is -1.00 e. The van der Waals surface area contributed by atoms with Crippen molar-refractivity contribution in [2.45, 2.75) is 0 Å². The van der Waals surface area contributed by atoms with Crippen LogP contribution in [0.25, 0.3) is 0 Å². The maximum absolute atomic E-state index is 0. The number of hydrogen-bond donors (Lipinski definition) is 0. The SMILES string of the molecule is [Br-].[Br-].[Br-].[Br-].[Br-].[U+5]. The van der Waals surface area contributed by atoms with E-state index in [9.17, 15) is 0 Å². The van der Waals surface area contributed by atoms with Crippen LogP contribution in [-0.4, -0.2) is 0 Å². The van der Waals surface area contributed by atoms with Gasteiger partial charge < -0.3 is 84.9 Å². The van der Waals surface area contributed by atoms with Crippen molar-refractivity contribution in [3.8, 4) is 0 Å². The fraction of sp³-hybridized carbons (Fsp3) is 0. The molecule has 0 aliphatic carbocycles. The van der Waals surface area contributed by atoms with Crippen molar-refractivity contribution in [1.82, 2.24) is 0 Å². The number of rotatable bonds is 0. The Morgan fingerprint density at radius 1 is 0.333 bits per heavy atom. The van der Waals surface area contributed by atoms with Crippen LogP contribution in [0.2, 0.25) is 0 Å². The molecule has 0 unspecified atom stereocenters. The molecule has 0 amide bonds. The largest absolute Gasteiger partial charge is 5.00 e. The Bertz CT molecular complexity index is 3.90. The monoisotopic (exact) mass is 633 g/mol. The summed E-state index contributed by atoms with van der Waals surface area (Å²) in [6.45, 7) is 0. The molecule has 0 radical (unpaired) electrons. The van der Waals surface area contributed by atoms with Gasteiger partial charge in [-0.05, 0) is 0 Å². The molecule has 0 aromatic heterocycles. The Labute approximate surface area is 114 Å². The van der Waals surface area contributed by atoms with Gasteiger partial charge in [0.1, 0.15) is 0 Å². The van der Waals surface area contributed by atoms with Crippen molar-refractivity contribution in [3.05, 3.63) is 0 Å². The zero-order valence-electron chi connectivity index (χ0n) is 2.39. The minimum atomic E-state index is 0. The van der Waals surface area contributed by atoms with Gasteiger partial charge in [0.2, 0.25) is 0 Å². The predicted octanol–water partition coefficient (Wildman–Crippen LogP) is -15.0. The van der Waals surface area contributed by atoms with Gasteiger partial charge in [-0.1, -0.05) is 0 Å². The molecular weight excluding hydrogens is 638 g/mol. The van der Waals surface area contributed by atoms with Crippen molar-refractivity contribution < 1.29 is 116 Å². The third-order valence-corrected chi connectivity index (χ3v) is 0. The van der Waals surface area contributed by atoms with Gasteiger partial charge in [-0.2, -0.15) is 0 Å². The van der Waals surface area contributed by atoms with Gasteiger partial charge in [-0.3, -0.25) is 0 Å². The summed E-state index contributed by atoms with van der Waals surface area (Å²) in [6.07, 6.45) is 0. The van der Waals surface area contributed by atoms with Crippen molar-refractivity contribution in [2.75, 3.05) is 0 Å². The molecule has 0 saturated carbocycles. The van der Waals surface area contributed by atoms with Crippen molar-refractivity contribution in [1.29, 1.82) is 0 Å². The first-order valence-electron chi connectivity index (χ1n) is 0. The molecule has 6 heavy (non-hydrogen) atoms. The standard InChI is InChI=1S/5BrH.U/h5*1H;/q;;;;;+5/p-5.